The fourth-order valence-corrected chi connectivity index (χ4v) is 2.20. The Hall–Kier alpha value is -3.09. The van der Waals surface area contributed by atoms with Gasteiger partial charge < -0.3 is 10.8 Å². The number of nitrogens with zero attached hydrogens (tertiary/aromatic N) is 4. The van der Waals surface area contributed by atoms with Crippen LogP contribution in [0.15, 0.2) is 48.9 Å². The van der Waals surface area contributed by atoms with E-state index < -0.39 is 5.97 Å². The second-order valence-corrected chi connectivity index (χ2v) is 4.95. The molecule has 7 heteroatoms. The lowest BCUT2D eigenvalue weighted by Crippen LogP contribution is -2.02. The molecule has 0 unspecified atom stereocenters. The van der Waals surface area contributed by atoms with Crippen molar-refractivity contribution >= 4 is 11.8 Å². The van der Waals surface area contributed by atoms with Gasteiger partial charge in [0.25, 0.3) is 0 Å². The number of hydrogen-bond acceptors (Lipinski definition) is 4. The average molecular weight is 297 g/mol. The molecule has 0 aliphatic rings. The van der Waals surface area contributed by atoms with Crippen molar-refractivity contribution in [2.24, 2.45) is 0 Å². The van der Waals surface area contributed by atoms with Gasteiger partial charge in [0.1, 0.15) is 5.56 Å². The molecule has 112 valence electrons. The maximum Gasteiger partial charge on any atom is 0.341 e. The minimum absolute atomic E-state index is 0.0234. The van der Waals surface area contributed by atoms with Gasteiger partial charge in [0.05, 0.1) is 13.1 Å². The maximum atomic E-state index is 10.9. The number of aromatic nitrogens is 4. The average Bonchev–Trinajstić information content (AvgIpc) is 3.11. The Morgan fingerprint density at radius 3 is 2.27 bits per heavy atom. The maximum absolute atomic E-state index is 10.9. The van der Waals surface area contributed by atoms with Crippen molar-refractivity contribution in [3.63, 3.8) is 0 Å². The minimum atomic E-state index is -1.07. The lowest BCUT2D eigenvalue weighted by atomic mass is 10.1. The molecule has 0 fully saturated rings. The van der Waals surface area contributed by atoms with Crippen molar-refractivity contribution < 1.29 is 9.90 Å². The molecule has 2 heterocycles. The molecule has 3 aromatic rings. The summed E-state index contributed by atoms with van der Waals surface area (Å²) in [4.78, 5) is 10.9. The summed E-state index contributed by atoms with van der Waals surface area (Å²) in [7, 11) is 0. The number of aromatic carboxylic acids is 1. The van der Waals surface area contributed by atoms with Crippen LogP contribution in [0.2, 0.25) is 0 Å². The van der Waals surface area contributed by atoms with Crippen LogP contribution in [0.1, 0.15) is 21.5 Å². The second-order valence-electron chi connectivity index (χ2n) is 4.95. The Bertz CT molecular complexity index is 775. The first-order chi connectivity index (χ1) is 10.6. The first-order valence-corrected chi connectivity index (χ1v) is 6.73. The van der Waals surface area contributed by atoms with Crippen LogP contribution < -0.4 is 5.73 Å². The molecule has 0 aliphatic carbocycles. The zero-order valence-corrected chi connectivity index (χ0v) is 11.8. The third kappa shape index (κ3) is 2.98. The minimum Gasteiger partial charge on any atom is -0.477 e. The van der Waals surface area contributed by atoms with Crippen LogP contribution in [0, 0.1) is 0 Å². The molecule has 0 aliphatic heterocycles. The molecule has 1 aromatic carbocycles. The summed E-state index contributed by atoms with van der Waals surface area (Å²) in [5, 5.41) is 17.1. The number of benzene rings is 1. The molecule has 0 atom stereocenters. The van der Waals surface area contributed by atoms with Gasteiger partial charge in [-0.1, -0.05) is 24.3 Å². The standard InChI is InChI=1S/C15H15N5O2/c16-14-13(15(21)22)10-20(18-14)9-12-4-2-11(3-5-12)8-19-7-1-6-17-19/h1-7,10H,8-9H2,(H2,16,18)(H,21,22). The molecule has 0 spiro atoms. The summed E-state index contributed by atoms with van der Waals surface area (Å²) in [6.07, 6.45) is 5.10. The number of rotatable bonds is 5. The highest BCUT2D eigenvalue weighted by atomic mass is 16.4. The van der Waals surface area contributed by atoms with E-state index in [1.165, 1.54) is 10.9 Å². The van der Waals surface area contributed by atoms with Crippen molar-refractivity contribution in [1.82, 2.24) is 19.6 Å². The van der Waals surface area contributed by atoms with Gasteiger partial charge in [0, 0.05) is 18.6 Å². The summed E-state index contributed by atoms with van der Waals surface area (Å²) in [5.41, 5.74) is 7.75. The van der Waals surface area contributed by atoms with Gasteiger partial charge in [-0.25, -0.2) is 4.79 Å². The molecule has 0 radical (unpaired) electrons. The Morgan fingerprint density at radius 1 is 1.14 bits per heavy atom. The first-order valence-electron chi connectivity index (χ1n) is 6.73. The van der Waals surface area contributed by atoms with Crippen LogP contribution in [0.5, 0.6) is 0 Å². The summed E-state index contributed by atoms with van der Waals surface area (Å²) in [5.74, 6) is -1.04. The van der Waals surface area contributed by atoms with Gasteiger partial charge in [-0.15, -0.1) is 0 Å². The molecule has 7 nitrogen and oxygen atoms in total. The predicted octanol–water partition coefficient (Wildman–Crippen LogP) is 1.46. The van der Waals surface area contributed by atoms with Crippen molar-refractivity contribution in [2.75, 3.05) is 5.73 Å². The zero-order chi connectivity index (χ0) is 15.5. The quantitative estimate of drug-likeness (QED) is 0.742. The third-order valence-electron chi connectivity index (χ3n) is 3.29. The van der Waals surface area contributed by atoms with Crippen molar-refractivity contribution in [3.8, 4) is 0 Å². The van der Waals surface area contributed by atoms with Crippen LogP contribution in [0.3, 0.4) is 0 Å². The molecule has 2 aromatic heterocycles. The second kappa shape index (κ2) is 5.72. The monoisotopic (exact) mass is 297 g/mol. The molecule has 0 saturated carbocycles. The molecular formula is C15H15N5O2. The number of anilines is 1. The van der Waals surface area contributed by atoms with Gasteiger partial charge >= 0.3 is 5.97 Å². The molecule has 0 saturated heterocycles. The molecule has 0 amide bonds. The van der Waals surface area contributed by atoms with Crippen molar-refractivity contribution in [2.45, 2.75) is 13.1 Å². The van der Waals surface area contributed by atoms with Crippen molar-refractivity contribution in [1.29, 1.82) is 0 Å². The fraction of sp³-hybridized carbons (Fsp3) is 0.133. The Labute approximate surface area is 126 Å². The van der Waals surface area contributed by atoms with Crippen LogP contribution in [0.25, 0.3) is 0 Å². The topological polar surface area (TPSA) is 99.0 Å². The normalized spacial score (nSPS) is 10.7. The number of carboxylic acid groups (broad SMARTS) is 1. The summed E-state index contributed by atoms with van der Waals surface area (Å²) in [6, 6.07) is 9.88. The molecule has 3 N–H and O–H groups in total. The highest BCUT2D eigenvalue weighted by Gasteiger charge is 2.12. The number of carbonyl (C=O) groups is 1. The fourth-order valence-electron chi connectivity index (χ4n) is 2.20. The Balaban J connectivity index is 1.70. The van der Waals surface area contributed by atoms with Crippen molar-refractivity contribution in [3.05, 3.63) is 65.6 Å². The van der Waals surface area contributed by atoms with E-state index in [9.17, 15) is 4.79 Å². The Kier molecular flexibility index (Phi) is 3.61. The smallest absolute Gasteiger partial charge is 0.341 e. The van der Waals surface area contributed by atoms with E-state index in [0.29, 0.717) is 13.1 Å². The number of hydrogen-bond donors (Lipinski definition) is 2. The summed E-state index contributed by atoms with van der Waals surface area (Å²) in [6.45, 7) is 1.19. The zero-order valence-electron chi connectivity index (χ0n) is 11.8. The van der Waals surface area contributed by atoms with E-state index in [1.807, 2.05) is 41.2 Å². The first kappa shape index (κ1) is 13.9. The lowest BCUT2D eigenvalue weighted by Gasteiger charge is -2.05. The predicted molar refractivity (Wildman–Crippen MR) is 80.5 cm³/mol. The molecular weight excluding hydrogens is 282 g/mol. The van der Waals surface area contributed by atoms with E-state index in [-0.39, 0.29) is 11.4 Å². The Morgan fingerprint density at radius 2 is 1.77 bits per heavy atom. The third-order valence-corrected chi connectivity index (χ3v) is 3.29. The van der Waals surface area contributed by atoms with Crippen LogP contribution in [-0.2, 0) is 13.1 Å². The largest absolute Gasteiger partial charge is 0.477 e. The van der Waals surface area contributed by atoms with E-state index in [1.54, 1.807) is 6.20 Å². The van der Waals surface area contributed by atoms with Crippen LogP contribution in [0.4, 0.5) is 5.82 Å². The van der Waals surface area contributed by atoms with Gasteiger partial charge in [-0.05, 0) is 17.2 Å². The lowest BCUT2D eigenvalue weighted by molar-refractivity contribution is 0.0698. The summed E-state index contributed by atoms with van der Waals surface area (Å²) >= 11 is 0. The molecule has 3 rings (SSSR count). The highest BCUT2D eigenvalue weighted by Crippen LogP contribution is 2.12. The van der Waals surface area contributed by atoms with Gasteiger partial charge in [0.15, 0.2) is 5.82 Å². The van der Waals surface area contributed by atoms with Gasteiger partial charge in [-0.3, -0.25) is 9.36 Å². The van der Waals surface area contributed by atoms with E-state index in [0.717, 1.165) is 11.1 Å². The number of carboxylic acids is 1. The van der Waals surface area contributed by atoms with Crippen LogP contribution in [-0.4, -0.2) is 30.6 Å². The van der Waals surface area contributed by atoms with Gasteiger partial charge in [0.2, 0.25) is 0 Å². The van der Waals surface area contributed by atoms with E-state index in [4.69, 9.17) is 10.8 Å². The SMILES string of the molecule is Nc1nn(Cc2ccc(Cn3cccn3)cc2)cc1C(=O)O. The number of nitrogens with two attached hydrogens (primary N) is 1. The molecule has 0 bridgehead atoms. The van der Waals surface area contributed by atoms with Gasteiger partial charge in [-0.2, -0.15) is 10.2 Å². The highest BCUT2D eigenvalue weighted by molar-refractivity contribution is 5.92. The molecule has 22 heavy (non-hydrogen) atoms. The van der Waals surface area contributed by atoms with E-state index in [2.05, 4.69) is 10.2 Å². The van der Waals surface area contributed by atoms with E-state index >= 15 is 0 Å². The summed E-state index contributed by atoms with van der Waals surface area (Å²) < 4.78 is 3.38. The van der Waals surface area contributed by atoms with Crippen LogP contribution >= 0.6 is 0 Å². The number of nitrogen functional groups attached to an aromatic ring is 1.